The van der Waals surface area contributed by atoms with E-state index in [2.05, 4.69) is 20.9 Å². The van der Waals surface area contributed by atoms with Gasteiger partial charge in [0.05, 0.1) is 0 Å². The highest BCUT2D eigenvalue weighted by atomic mass is 79.9. The fourth-order valence-corrected chi connectivity index (χ4v) is 2.46. The zero-order valence-corrected chi connectivity index (χ0v) is 11.2. The summed E-state index contributed by atoms with van der Waals surface area (Å²) in [4.78, 5) is 17.1. The first-order chi connectivity index (χ1) is 8.08. The number of hydrogen-bond donors (Lipinski definition) is 0. The van der Waals surface area contributed by atoms with Crippen LogP contribution in [0, 0.1) is 5.82 Å². The lowest BCUT2D eigenvalue weighted by Crippen LogP contribution is -2.36. The molecule has 1 aliphatic rings. The third kappa shape index (κ3) is 2.83. The lowest BCUT2D eigenvalue weighted by Gasteiger charge is -2.31. The molecule has 2 rings (SSSR count). The van der Waals surface area contributed by atoms with Crippen LogP contribution in [-0.4, -0.2) is 23.9 Å². The average molecular weight is 301 g/mol. The Balaban J connectivity index is 2.13. The molecule has 1 aromatic rings. The second-order valence-corrected chi connectivity index (χ2v) is 5.26. The summed E-state index contributed by atoms with van der Waals surface area (Å²) in [5, 5.41) is 0. The first-order valence-corrected chi connectivity index (χ1v) is 6.43. The predicted octanol–water partition coefficient (Wildman–Crippen LogP) is 2.93. The molecule has 1 fully saturated rings. The van der Waals surface area contributed by atoms with Gasteiger partial charge in [-0.1, -0.05) is 0 Å². The molecule has 1 aliphatic carbocycles. The summed E-state index contributed by atoms with van der Waals surface area (Å²) < 4.78 is 14.4. The van der Waals surface area contributed by atoms with Crippen LogP contribution in [-0.2, 0) is 4.79 Å². The molecule has 3 nitrogen and oxygen atoms in total. The van der Waals surface area contributed by atoms with E-state index >= 15 is 0 Å². The summed E-state index contributed by atoms with van der Waals surface area (Å²) in [7, 11) is 1.83. The van der Waals surface area contributed by atoms with Gasteiger partial charge >= 0.3 is 0 Å². The Bertz CT molecular complexity index is 429. The van der Waals surface area contributed by atoms with Gasteiger partial charge in [0, 0.05) is 36.6 Å². The SMILES string of the molecule is CN(c1ncc(Br)cc1F)C1CCC(=O)CC1. The Morgan fingerprint density at radius 2 is 2.12 bits per heavy atom. The van der Waals surface area contributed by atoms with Crippen LogP contribution in [0.1, 0.15) is 25.7 Å². The number of anilines is 1. The third-order valence-electron chi connectivity index (χ3n) is 3.18. The molecule has 1 heterocycles. The van der Waals surface area contributed by atoms with E-state index in [1.54, 1.807) is 6.20 Å². The number of rotatable bonds is 2. The molecule has 0 atom stereocenters. The number of nitrogens with zero attached hydrogens (tertiary/aromatic N) is 2. The van der Waals surface area contributed by atoms with E-state index in [1.807, 2.05) is 11.9 Å². The smallest absolute Gasteiger partial charge is 0.166 e. The van der Waals surface area contributed by atoms with Crippen molar-refractivity contribution in [3.63, 3.8) is 0 Å². The molecule has 0 radical (unpaired) electrons. The summed E-state index contributed by atoms with van der Waals surface area (Å²) >= 11 is 3.18. The van der Waals surface area contributed by atoms with Crippen molar-refractivity contribution in [2.24, 2.45) is 0 Å². The number of pyridine rings is 1. The van der Waals surface area contributed by atoms with Crippen molar-refractivity contribution in [1.29, 1.82) is 0 Å². The van der Waals surface area contributed by atoms with Crippen molar-refractivity contribution in [2.45, 2.75) is 31.7 Å². The zero-order valence-electron chi connectivity index (χ0n) is 9.62. The van der Waals surface area contributed by atoms with Gasteiger partial charge in [-0.3, -0.25) is 4.79 Å². The van der Waals surface area contributed by atoms with Gasteiger partial charge in [0.15, 0.2) is 11.6 Å². The molecular weight excluding hydrogens is 287 g/mol. The Morgan fingerprint density at radius 3 is 2.71 bits per heavy atom. The Kier molecular flexibility index (Phi) is 3.76. The topological polar surface area (TPSA) is 33.2 Å². The van der Waals surface area contributed by atoms with E-state index in [-0.39, 0.29) is 11.9 Å². The fraction of sp³-hybridized carbons (Fsp3) is 0.500. The Morgan fingerprint density at radius 1 is 1.47 bits per heavy atom. The van der Waals surface area contributed by atoms with Crippen LogP contribution in [0.3, 0.4) is 0 Å². The van der Waals surface area contributed by atoms with E-state index in [0.717, 1.165) is 12.8 Å². The Labute approximate surface area is 108 Å². The molecule has 0 amide bonds. The molecule has 0 N–H and O–H groups in total. The lowest BCUT2D eigenvalue weighted by molar-refractivity contribution is -0.120. The third-order valence-corrected chi connectivity index (χ3v) is 3.62. The maximum absolute atomic E-state index is 13.7. The molecule has 0 spiro atoms. The number of aromatic nitrogens is 1. The highest BCUT2D eigenvalue weighted by molar-refractivity contribution is 9.10. The van der Waals surface area contributed by atoms with Gasteiger partial charge in [-0.2, -0.15) is 0 Å². The van der Waals surface area contributed by atoms with Crippen LogP contribution in [0.2, 0.25) is 0 Å². The summed E-state index contributed by atoms with van der Waals surface area (Å²) in [6.45, 7) is 0. The molecule has 0 saturated heterocycles. The second-order valence-electron chi connectivity index (χ2n) is 4.34. The summed E-state index contributed by atoms with van der Waals surface area (Å²) in [5.41, 5.74) is 0. The molecule has 1 saturated carbocycles. The van der Waals surface area contributed by atoms with Gasteiger partial charge in [0.25, 0.3) is 0 Å². The van der Waals surface area contributed by atoms with Crippen LogP contribution in [0.15, 0.2) is 16.7 Å². The minimum atomic E-state index is -0.334. The number of halogens is 2. The summed E-state index contributed by atoms with van der Waals surface area (Å²) in [5.74, 6) is 0.324. The van der Waals surface area contributed by atoms with Gasteiger partial charge in [-0.05, 0) is 34.8 Å². The first kappa shape index (κ1) is 12.5. The molecule has 5 heteroatoms. The van der Waals surface area contributed by atoms with Crippen LogP contribution in [0.4, 0.5) is 10.2 Å². The van der Waals surface area contributed by atoms with E-state index in [9.17, 15) is 9.18 Å². The second kappa shape index (κ2) is 5.12. The molecule has 92 valence electrons. The highest BCUT2D eigenvalue weighted by Gasteiger charge is 2.24. The van der Waals surface area contributed by atoms with Gasteiger partial charge < -0.3 is 4.90 Å². The van der Waals surface area contributed by atoms with Crippen LogP contribution in [0.5, 0.6) is 0 Å². The van der Waals surface area contributed by atoms with Gasteiger partial charge in [0.1, 0.15) is 5.78 Å². The Hall–Kier alpha value is -0.970. The van der Waals surface area contributed by atoms with E-state index in [1.165, 1.54) is 6.07 Å². The number of Topliss-reactive ketones (excluding diaryl/α,β-unsaturated/α-hetero) is 1. The largest absolute Gasteiger partial charge is 0.354 e. The van der Waals surface area contributed by atoms with Crippen molar-refractivity contribution in [3.05, 3.63) is 22.6 Å². The number of carbonyl (C=O) groups is 1. The summed E-state index contributed by atoms with van der Waals surface area (Å²) in [6.07, 6.45) is 4.34. The molecule has 0 aromatic carbocycles. The van der Waals surface area contributed by atoms with Crippen molar-refractivity contribution >= 4 is 27.5 Å². The minimum Gasteiger partial charge on any atom is -0.354 e. The molecule has 17 heavy (non-hydrogen) atoms. The van der Waals surface area contributed by atoms with Gasteiger partial charge in [-0.25, -0.2) is 9.37 Å². The molecule has 0 aliphatic heterocycles. The summed E-state index contributed by atoms with van der Waals surface area (Å²) in [6, 6.07) is 1.61. The monoisotopic (exact) mass is 300 g/mol. The van der Waals surface area contributed by atoms with Crippen LogP contribution in [0.25, 0.3) is 0 Å². The van der Waals surface area contributed by atoms with Crippen molar-refractivity contribution in [1.82, 2.24) is 4.98 Å². The van der Waals surface area contributed by atoms with Gasteiger partial charge in [-0.15, -0.1) is 0 Å². The number of carbonyl (C=O) groups excluding carboxylic acids is 1. The molecule has 0 bridgehead atoms. The fourth-order valence-electron chi connectivity index (χ4n) is 2.15. The predicted molar refractivity (Wildman–Crippen MR) is 67.6 cm³/mol. The maximum Gasteiger partial charge on any atom is 0.166 e. The van der Waals surface area contributed by atoms with E-state index in [0.29, 0.717) is 28.9 Å². The maximum atomic E-state index is 13.7. The van der Waals surface area contributed by atoms with Gasteiger partial charge in [0.2, 0.25) is 0 Å². The zero-order chi connectivity index (χ0) is 12.4. The standard InChI is InChI=1S/C12H14BrFN2O/c1-16(9-2-4-10(17)5-3-9)12-11(14)6-8(13)7-15-12/h6-7,9H,2-5H2,1H3. The lowest BCUT2D eigenvalue weighted by atomic mass is 9.93. The van der Waals surface area contributed by atoms with Crippen molar-refractivity contribution < 1.29 is 9.18 Å². The van der Waals surface area contributed by atoms with Crippen molar-refractivity contribution in [3.8, 4) is 0 Å². The number of ketones is 1. The molecular formula is C12H14BrFN2O. The quantitative estimate of drug-likeness (QED) is 0.842. The molecule has 0 unspecified atom stereocenters. The van der Waals surface area contributed by atoms with Crippen LogP contribution < -0.4 is 4.90 Å². The molecule has 1 aromatic heterocycles. The van der Waals surface area contributed by atoms with E-state index < -0.39 is 0 Å². The van der Waals surface area contributed by atoms with E-state index in [4.69, 9.17) is 0 Å². The van der Waals surface area contributed by atoms with Crippen molar-refractivity contribution in [2.75, 3.05) is 11.9 Å². The number of hydrogen-bond acceptors (Lipinski definition) is 3. The highest BCUT2D eigenvalue weighted by Crippen LogP contribution is 2.26. The first-order valence-electron chi connectivity index (χ1n) is 5.63. The van der Waals surface area contributed by atoms with Crippen LogP contribution >= 0.6 is 15.9 Å². The average Bonchev–Trinajstić information content (AvgIpc) is 2.29. The normalized spacial score (nSPS) is 17.2. The minimum absolute atomic E-state index is 0.205.